The van der Waals surface area contributed by atoms with Gasteiger partial charge in [0.2, 0.25) is 0 Å². The molecule has 0 atom stereocenters. The van der Waals surface area contributed by atoms with E-state index in [0.29, 0.717) is 0 Å². The Morgan fingerprint density at radius 3 is 2.32 bits per heavy atom. The zero-order valence-corrected chi connectivity index (χ0v) is 22.4. The Morgan fingerprint density at radius 2 is 1.68 bits per heavy atom. The molecular weight excluding hydrogens is 466 g/mol. The number of nitrogens with one attached hydrogen (secondary N) is 3. The van der Waals surface area contributed by atoms with Crippen molar-refractivity contribution < 1.29 is 0 Å². The first-order valence-corrected chi connectivity index (χ1v) is 12.6. The molecule has 1 aromatic heterocycles. The molecule has 0 fully saturated rings. The largest absolute Gasteiger partial charge is 0.370 e. The molecule has 0 unspecified atom stereocenters. The fourth-order valence-corrected chi connectivity index (χ4v) is 4.19. The Hall–Kier alpha value is -4.77. The third-order valence-electron chi connectivity index (χ3n) is 6.22. The number of likely N-dealkylation sites (N-methyl/N-ethyl adjacent to an activating group) is 1. The van der Waals surface area contributed by atoms with E-state index < -0.39 is 0 Å². The van der Waals surface area contributed by atoms with Gasteiger partial charge in [0.05, 0.1) is 23.3 Å². The lowest BCUT2D eigenvalue weighted by atomic mass is 9.98. The van der Waals surface area contributed by atoms with Gasteiger partial charge < -0.3 is 20.9 Å². The Balaban J connectivity index is 1.41. The van der Waals surface area contributed by atoms with E-state index >= 15 is 0 Å². The van der Waals surface area contributed by atoms with Crippen LogP contribution in [0.3, 0.4) is 0 Å². The number of rotatable bonds is 10. The lowest BCUT2D eigenvalue weighted by Crippen LogP contribution is -2.23. The van der Waals surface area contributed by atoms with Crippen LogP contribution >= 0.6 is 0 Å². The number of hydrogen-bond acceptors (Lipinski definition) is 5. The van der Waals surface area contributed by atoms with Crippen LogP contribution < -0.4 is 20.9 Å². The summed E-state index contributed by atoms with van der Waals surface area (Å²) in [5.41, 5.74) is 10.9. The van der Waals surface area contributed by atoms with Crippen molar-refractivity contribution in [2.75, 3.05) is 34.4 Å². The first kappa shape index (κ1) is 26.3. The quantitative estimate of drug-likeness (QED) is 0.245. The molecule has 2 heterocycles. The van der Waals surface area contributed by atoms with Crippen LogP contribution in [0.5, 0.6) is 0 Å². The van der Waals surface area contributed by atoms with Crippen molar-refractivity contribution >= 4 is 39.7 Å². The van der Waals surface area contributed by atoms with Crippen LogP contribution in [-0.4, -0.2) is 18.6 Å². The van der Waals surface area contributed by atoms with Gasteiger partial charge >= 0.3 is 0 Å². The fourth-order valence-electron chi connectivity index (χ4n) is 4.19. The molecule has 2 aromatic carbocycles. The predicted molar refractivity (Wildman–Crippen MR) is 166 cm³/mol. The van der Waals surface area contributed by atoms with Crippen molar-refractivity contribution in [3.63, 3.8) is 0 Å². The van der Waals surface area contributed by atoms with Gasteiger partial charge in [0.1, 0.15) is 0 Å². The van der Waals surface area contributed by atoms with Crippen molar-refractivity contribution in [1.82, 2.24) is 4.98 Å². The van der Waals surface area contributed by atoms with E-state index in [0.717, 1.165) is 63.1 Å². The highest BCUT2D eigenvalue weighted by atomic mass is 15.1. The van der Waals surface area contributed by atoms with Gasteiger partial charge in [0.25, 0.3) is 0 Å². The van der Waals surface area contributed by atoms with E-state index in [4.69, 9.17) is 0 Å². The molecule has 38 heavy (non-hydrogen) atoms. The number of allylic oxidation sites excluding steroid dienone is 5. The first-order valence-electron chi connectivity index (χ1n) is 12.6. The van der Waals surface area contributed by atoms with Gasteiger partial charge in [-0.25, -0.2) is 0 Å². The fraction of sp³-hybridized carbons (Fsp3) is 0.121. The maximum absolute atomic E-state index is 4.64. The monoisotopic (exact) mass is 501 g/mol. The summed E-state index contributed by atoms with van der Waals surface area (Å²) in [5, 5.41) is 10.3. The van der Waals surface area contributed by atoms with E-state index in [9.17, 15) is 0 Å². The summed E-state index contributed by atoms with van der Waals surface area (Å²) in [6, 6.07) is 18.5. The molecule has 5 heteroatoms. The second-order valence-electron chi connectivity index (χ2n) is 9.23. The molecular formula is C33H35N5. The summed E-state index contributed by atoms with van der Waals surface area (Å²) in [7, 11) is 2.10. The van der Waals surface area contributed by atoms with Gasteiger partial charge in [-0.15, -0.1) is 0 Å². The van der Waals surface area contributed by atoms with Crippen molar-refractivity contribution in [3.8, 4) is 0 Å². The average Bonchev–Trinajstić information content (AvgIpc) is 2.92. The summed E-state index contributed by atoms with van der Waals surface area (Å²) in [6.07, 6.45) is 11.7. The van der Waals surface area contributed by atoms with Crippen LogP contribution in [0.4, 0.5) is 22.7 Å². The van der Waals surface area contributed by atoms with E-state index in [1.807, 2.05) is 74.7 Å². The zero-order valence-electron chi connectivity index (χ0n) is 22.4. The Bertz CT molecular complexity index is 1420. The first-order chi connectivity index (χ1) is 18.4. The van der Waals surface area contributed by atoms with Crippen molar-refractivity contribution in [2.45, 2.75) is 13.8 Å². The normalized spacial score (nSPS) is 13.0. The van der Waals surface area contributed by atoms with E-state index in [1.54, 1.807) is 6.08 Å². The molecule has 3 aromatic rings. The highest BCUT2D eigenvalue weighted by Gasteiger charge is 2.17. The number of aromatic nitrogens is 1. The highest BCUT2D eigenvalue weighted by Crippen LogP contribution is 2.33. The average molecular weight is 502 g/mol. The summed E-state index contributed by atoms with van der Waals surface area (Å²) in [4.78, 5) is 6.88. The van der Waals surface area contributed by atoms with Crippen molar-refractivity contribution in [1.29, 1.82) is 0 Å². The minimum Gasteiger partial charge on any atom is -0.370 e. The molecule has 192 valence electrons. The smallest absolute Gasteiger partial charge is 0.0859 e. The number of nitrogens with zero attached hydrogens (tertiary/aromatic N) is 2. The Labute approximate surface area is 226 Å². The Kier molecular flexibility index (Phi) is 8.29. The maximum atomic E-state index is 4.64. The van der Waals surface area contributed by atoms with Crippen LogP contribution in [0.1, 0.15) is 30.7 Å². The molecule has 0 bridgehead atoms. The molecule has 0 aliphatic carbocycles. The highest BCUT2D eigenvalue weighted by molar-refractivity contribution is 5.88. The lowest BCUT2D eigenvalue weighted by Gasteiger charge is -2.28. The van der Waals surface area contributed by atoms with E-state index in [-0.39, 0.29) is 0 Å². The molecule has 0 spiro atoms. The maximum Gasteiger partial charge on any atom is 0.0859 e. The van der Waals surface area contributed by atoms with Gasteiger partial charge in [-0.1, -0.05) is 43.5 Å². The van der Waals surface area contributed by atoms with Gasteiger partial charge in [-0.3, -0.25) is 4.98 Å². The van der Waals surface area contributed by atoms with Crippen molar-refractivity contribution in [2.24, 2.45) is 0 Å². The van der Waals surface area contributed by atoms with Gasteiger partial charge in [-0.05, 0) is 86.2 Å². The molecule has 0 saturated heterocycles. The predicted octanol–water partition coefficient (Wildman–Crippen LogP) is 8.16. The van der Waals surface area contributed by atoms with Crippen molar-refractivity contribution in [3.05, 3.63) is 133 Å². The summed E-state index contributed by atoms with van der Waals surface area (Å²) < 4.78 is 0. The number of fused-ring (bicyclic) bond motifs is 1. The summed E-state index contributed by atoms with van der Waals surface area (Å²) in [6.45, 7) is 16.9. The van der Waals surface area contributed by atoms with Crippen LogP contribution in [0.15, 0.2) is 117 Å². The molecule has 1 aliphatic heterocycles. The molecule has 5 nitrogen and oxygen atoms in total. The molecule has 3 N–H and O–H groups in total. The number of anilines is 4. The Morgan fingerprint density at radius 1 is 0.974 bits per heavy atom. The van der Waals surface area contributed by atoms with Crippen LogP contribution in [0.2, 0.25) is 0 Å². The lowest BCUT2D eigenvalue weighted by molar-refractivity contribution is 1.01. The minimum atomic E-state index is 0.730. The summed E-state index contributed by atoms with van der Waals surface area (Å²) >= 11 is 0. The second kappa shape index (κ2) is 12.0. The summed E-state index contributed by atoms with van der Waals surface area (Å²) in [5.74, 6) is 0. The van der Waals surface area contributed by atoms with Crippen LogP contribution in [0, 0.1) is 0 Å². The third-order valence-corrected chi connectivity index (χ3v) is 6.22. The zero-order chi connectivity index (χ0) is 27.1. The van der Waals surface area contributed by atoms with E-state index in [2.05, 4.69) is 76.9 Å². The van der Waals surface area contributed by atoms with Gasteiger partial charge in [-0.2, -0.15) is 0 Å². The second-order valence-corrected chi connectivity index (χ2v) is 9.23. The van der Waals surface area contributed by atoms with Gasteiger partial charge in [0.15, 0.2) is 0 Å². The number of hydrogen-bond donors (Lipinski definition) is 3. The standard InChI is InChI=1S/C33H35N5/c1-7-9-26(10-8-2)36-28-14-12-27(13-15-28)35-24(5)31-17-16-29(22-34-31)37-32-19-20-38(6)33-18-11-25(23(3)4)21-30(32)33/h7-19,21-22,35-37H,1,3,5,20H2,2,4,6H3/b10-8-,26-9+. The SMILES string of the molecule is C=C/C=C(\C=C/C)Nc1ccc(NC(=C)c2ccc(NC3=CCN(C)c4ccc(C(=C)C)cc43)cn2)cc1. The molecule has 0 saturated carbocycles. The molecule has 0 radical (unpaired) electrons. The van der Waals surface area contributed by atoms with E-state index in [1.165, 1.54) is 5.69 Å². The topological polar surface area (TPSA) is 52.2 Å². The minimum absolute atomic E-state index is 0.730. The molecule has 4 rings (SSSR count). The van der Waals surface area contributed by atoms with Crippen LogP contribution in [-0.2, 0) is 0 Å². The number of benzene rings is 2. The molecule has 1 aliphatic rings. The third kappa shape index (κ3) is 6.31. The molecule has 0 amide bonds. The number of pyridine rings is 1. The van der Waals surface area contributed by atoms with Crippen LogP contribution in [0.25, 0.3) is 17.0 Å². The van der Waals surface area contributed by atoms with Gasteiger partial charge in [0, 0.05) is 47.6 Å².